The second-order valence-electron chi connectivity index (χ2n) is 6.58. The molecule has 0 unspecified atom stereocenters. The van der Waals surface area contributed by atoms with Crippen LogP contribution in [0.1, 0.15) is 25.1 Å². The fourth-order valence-corrected chi connectivity index (χ4v) is 4.29. The van der Waals surface area contributed by atoms with Crippen LogP contribution in [0.25, 0.3) is 5.69 Å². The summed E-state index contributed by atoms with van der Waals surface area (Å²) in [6, 6.07) is 8.03. The van der Waals surface area contributed by atoms with Gasteiger partial charge in [0.05, 0.1) is 18.6 Å². The van der Waals surface area contributed by atoms with Crippen molar-refractivity contribution in [1.82, 2.24) is 24.3 Å². The summed E-state index contributed by atoms with van der Waals surface area (Å²) in [5, 5.41) is 9.91. The van der Waals surface area contributed by atoms with Crippen LogP contribution in [0.4, 0.5) is 5.95 Å². The molecule has 7 nitrogen and oxygen atoms in total. The molecule has 3 heterocycles. The van der Waals surface area contributed by atoms with Gasteiger partial charge in [-0.25, -0.2) is 4.98 Å². The lowest BCUT2D eigenvalue weighted by Gasteiger charge is -2.28. The van der Waals surface area contributed by atoms with Crippen LogP contribution in [0.5, 0.6) is 5.75 Å². The molecule has 0 N–H and O–H groups in total. The quantitative estimate of drug-likeness (QED) is 0.608. The summed E-state index contributed by atoms with van der Waals surface area (Å²) in [5.41, 5.74) is 0.966. The number of nitrogens with zero attached hydrogens (tertiary/aromatic N) is 6. The maximum Gasteiger partial charge on any atom is 0.232 e. The number of thioether (sulfide) groups is 1. The fourth-order valence-electron chi connectivity index (χ4n) is 3.34. The van der Waals surface area contributed by atoms with Gasteiger partial charge in [-0.15, -0.1) is 10.2 Å². The van der Waals surface area contributed by atoms with Crippen molar-refractivity contribution in [3.63, 3.8) is 0 Å². The maximum absolute atomic E-state index is 5.62. The van der Waals surface area contributed by atoms with Gasteiger partial charge in [0.25, 0.3) is 0 Å². The molecular formula is C19H24N6OS. The lowest BCUT2D eigenvalue weighted by atomic mass is 10.1. The Kier molecular flexibility index (Phi) is 5.33. The van der Waals surface area contributed by atoms with E-state index in [9.17, 15) is 0 Å². The van der Waals surface area contributed by atoms with Gasteiger partial charge in [-0.3, -0.25) is 4.57 Å². The third-order valence-electron chi connectivity index (χ3n) is 4.83. The van der Waals surface area contributed by atoms with Gasteiger partial charge in [-0.05, 0) is 31.4 Å². The molecule has 1 saturated heterocycles. The molecule has 0 amide bonds. The molecule has 3 aromatic rings. The molecule has 0 aliphatic carbocycles. The highest BCUT2D eigenvalue weighted by Gasteiger charge is 2.23. The summed E-state index contributed by atoms with van der Waals surface area (Å²) < 4.78 is 9.77. The number of hydrogen-bond acceptors (Lipinski definition) is 6. The molecule has 1 fully saturated rings. The van der Waals surface area contributed by atoms with Gasteiger partial charge in [-0.2, -0.15) is 0 Å². The first-order valence-electron chi connectivity index (χ1n) is 9.20. The summed E-state index contributed by atoms with van der Waals surface area (Å²) in [6.07, 6.45) is 7.43. The van der Waals surface area contributed by atoms with Crippen LogP contribution < -0.4 is 9.64 Å². The van der Waals surface area contributed by atoms with Crippen LogP contribution in [-0.2, 0) is 12.8 Å². The SMILES string of the molecule is COc1ccccc1-n1c(SCc2nccn2C)nnc1N1CCCCC1. The third-order valence-corrected chi connectivity index (χ3v) is 5.76. The fraction of sp³-hybridized carbons (Fsp3) is 0.421. The number of rotatable bonds is 6. The number of ether oxygens (including phenoxy) is 1. The summed E-state index contributed by atoms with van der Waals surface area (Å²) in [6.45, 7) is 2.02. The average molecular weight is 385 g/mol. The Morgan fingerprint density at radius 2 is 1.93 bits per heavy atom. The number of para-hydroxylation sites is 2. The van der Waals surface area contributed by atoms with Crippen LogP contribution in [-0.4, -0.2) is 44.5 Å². The molecule has 8 heteroatoms. The number of aromatic nitrogens is 5. The Morgan fingerprint density at radius 1 is 1.11 bits per heavy atom. The molecular weight excluding hydrogens is 360 g/mol. The lowest BCUT2D eigenvalue weighted by molar-refractivity contribution is 0.412. The predicted molar refractivity (Wildman–Crippen MR) is 107 cm³/mol. The van der Waals surface area contributed by atoms with E-state index in [2.05, 4.69) is 30.7 Å². The Labute approximate surface area is 163 Å². The number of anilines is 1. The maximum atomic E-state index is 5.62. The van der Waals surface area contributed by atoms with Crippen molar-refractivity contribution >= 4 is 17.7 Å². The van der Waals surface area contributed by atoms with E-state index in [0.717, 1.165) is 47.2 Å². The van der Waals surface area contributed by atoms with Gasteiger partial charge < -0.3 is 14.2 Å². The second kappa shape index (κ2) is 8.04. The van der Waals surface area contributed by atoms with Crippen LogP contribution in [0.3, 0.4) is 0 Å². The van der Waals surface area contributed by atoms with Crippen molar-refractivity contribution in [2.24, 2.45) is 7.05 Å². The van der Waals surface area contributed by atoms with Crippen molar-refractivity contribution < 1.29 is 4.74 Å². The van der Waals surface area contributed by atoms with E-state index < -0.39 is 0 Å². The van der Waals surface area contributed by atoms with E-state index in [1.54, 1.807) is 18.9 Å². The largest absolute Gasteiger partial charge is 0.495 e. The van der Waals surface area contributed by atoms with E-state index in [1.165, 1.54) is 19.3 Å². The zero-order valence-corrected chi connectivity index (χ0v) is 16.5. The predicted octanol–water partition coefficient (Wildman–Crippen LogP) is 3.29. The van der Waals surface area contributed by atoms with Crippen LogP contribution >= 0.6 is 11.8 Å². The molecule has 4 rings (SSSR count). The summed E-state index contributed by atoms with van der Waals surface area (Å²) in [7, 11) is 3.71. The average Bonchev–Trinajstić information content (AvgIpc) is 3.32. The second-order valence-corrected chi connectivity index (χ2v) is 7.52. The zero-order chi connectivity index (χ0) is 18.6. The molecule has 0 atom stereocenters. The summed E-state index contributed by atoms with van der Waals surface area (Å²) in [4.78, 5) is 6.74. The smallest absolute Gasteiger partial charge is 0.232 e. The highest BCUT2D eigenvalue weighted by atomic mass is 32.2. The van der Waals surface area contributed by atoms with E-state index in [-0.39, 0.29) is 0 Å². The normalized spacial score (nSPS) is 14.5. The molecule has 0 radical (unpaired) electrons. The summed E-state index contributed by atoms with van der Waals surface area (Å²) in [5.74, 6) is 3.45. The van der Waals surface area contributed by atoms with Crippen molar-refractivity contribution in [3.8, 4) is 11.4 Å². The number of piperidine rings is 1. The number of imidazole rings is 1. The van der Waals surface area contributed by atoms with Gasteiger partial charge in [0.1, 0.15) is 11.6 Å². The van der Waals surface area contributed by atoms with Crippen LogP contribution in [0.15, 0.2) is 41.8 Å². The first-order chi connectivity index (χ1) is 13.3. The van der Waals surface area contributed by atoms with Gasteiger partial charge in [0, 0.05) is 32.5 Å². The van der Waals surface area contributed by atoms with Crippen LogP contribution in [0, 0.1) is 0 Å². The number of hydrogen-bond donors (Lipinski definition) is 0. The Bertz CT molecular complexity index is 899. The van der Waals surface area contributed by atoms with Crippen molar-refractivity contribution in [2.75, 3.05) is 25.1 Å². The number of aryl methyl sites for hydroxylation is 1. The molecule has 0 bridgehead atoms. The molecule has 1 aliphatic heterocycles. The molecule has 2 aromatic heterocycles. The van der Waals surface area contributed by atoms with Gasteiger partial charge >= 0.3 is 0 Å². The Balaban J connectivity index is 1.72. The Hall–Kier alpha value is -2.48. The highest BCUT2D eigenvalue weighted by molar-refractivity contribution is 7.98. The lowest BCUT2D eigenvalue weighted by Crippen LogP contribution is -2.31. The molecule has 1 aromatic carbocycles. The van der Waals surface area contributed by atoms with E-state index >= 15 is 0 Å². The molecule has 0 saturated carbocycles. The monoisotopic (exact) mass is 384 g/mol. The van der Waals surface area contributed by atoms with E-state index in [1.807, 2.05) is 42.2 Å². The minimum atomic E-state index is 0.733. The Morgan fingerprint density at radius 3 is 2.67 bits per heavy atom. The standard InChI is InChI=1S/C19H24N6OS/c1-23-13-10-20-17(23)14-27-19-22-21-18(24-11-6-3-7-12-24)25(19)15-8-4-5-9-16(15)26-2/h4-5,8-10,13H,3,6-7,11-12,14H2,1-2H3. The third kappa shape index (κ3) is 3.66. The van der Waals surface area contributed by atoms with E-state index in [4.69, 9.17) is 4.74 Å². The van der Waals surface area contributed by atoms with Gasteiger partial charge in [0.2, 0.25) is 5.95 Å². The zero-order valence-electron chi connectivity index (χ0n) is 15.7. The van der Waals surface area contributed by atoms with Crippen molar-refractivity contribution in [3.05, 3.63) is 42.5 Å². The topological polar surface area (TPSA) is 61.0 Å². The number of benzene rings is 1. The van der Waals surface area contributed by atoms with Crippen molar-refractivity contribution in [2.45, 2.75) is 30.2 Å². The molecule has 0 spiro atoms. The first kappa shape index (κ1) is 17.9. The van der Waals surface area contributed by atoms with E-state index in [0.29, 0.717) is 0 Å². The highest BCUT2D eigenvalue weighted by Crippen LogP contribution is 2.33. The summed E-state index contributed by atoms with van der Waals surface area (Å²) >= 11 is 1.64. The van der Waals surface area contributed by atoms with Gasteiger partial charge in [0.15, 0.2) is 5.16 Å². The van der Waals surface area contributed by atoms with Crippen LogP contribution in [0.2, 0.25) is 0 Å². The molecule has 142 valence electrons. The minimum Gasteiger partial charge on any atom is -0.495 e. The first-order valence-corrected chi connectivity index (χ1v) is 10.2. The van der Waals surface area contributed by atoms with Crippen molar-refractivity contribution in [1.29, 1.82) is 0 Å². The number of methoxy groups -OCH3 is 1. The van der Waals surface area contributed by atoms with Gasteiger partial charge in [-0.1, -0.05) is 23.9 Å². The molecule has 1 aliphatic rings. The minimum absolute atomic E-state index is 0.733. The molecule has 27 heavy (non-hydrogen) atoms.